The molecular formula is C12H14ClN5O7S3. The summed E-state index contributed by atoms with van der Waals surface area (Å²) >= 11 is 7.34. The largest absolute Gasteiger partial charge is 0.398 e. The van der Waals surface area contributed by atoms with Crippen molar-refractivity contribution in [3.05, 3.63) is 11.1 Å². The molecule has 3 N–H and O–H groups in total. The molecule has 2 rings (SSSR count). The molecule has 1 aromatic heterocycles. The third-order valence-corrected chi connectivity index (χ3v) is 6.29. The molecular weight excluding hydrogens is 458 g/mol. The first-order valence-electron chi connectivity index (χ1n) is 7.21. The van der Waals surface area contributed by atoms with Crippen LogP contribution < -0.4 is 10.6 Å². The molecule has 1 aliphatic rings. The Kier molecular flexibility index (Phi) is 7.22. The summed E-state index contributed by atoms with van der Waals surface area (Å²) in [7, 11) is -3.55. The van der Waals surface area contributed by atoms with Gasteiger partial charge in [0.05, 0.1) is 0 Å². The van der Waals surface area contributed by atoms with Gasteiger partial charge < -0.3 is 15.5 Å². The quantitative estimate of drug-likeness (QED) is 0.149. The Morgan fingerprint density at radius 1 is 1.54 bits per heavy atom. The van der Waals surface area contributed by atoms with E-state index in [-0.39, 0.29) is 26.7 Å². The van der Waals surface area contributed by atoms with Gasteiger partial charge in [-0.2, -0.15) is 12.7 Å². The number of aromatic nitrogens is 1. The smallest absolute Gasteiger partial charge is 0.363 e. The van der Waals surface area contributed by atoms with E-state index in [9.17, 15) is 22.8 Å². The lowest BCUT2D eigenvalue weighted by Gasteiger charge is -2.42. The van der Waals surface area contributed by atoms with Crippen molar-refractivity contribution in [3.8, 4) is 0 Å². The molecule has 0 unspecified atom stereocenters. The Balaban J connectivity index is 2.17. The first-order chi connectivity index (χ1) is 13.1. The summed E-state index contributed by atoms with van der Waals surface area (Å²) in [6.07, 6.45) is 1.50. The lowest BCUT2D eigenvalue weighted by molar-refractivity contribution is -0.140. The molecule has 12 nitrogen and oxygen atoms in total. The minimum absolute atomic E-state index is 0.0494. The fourth-order valence-corrected chi connectivity index (χ4v) is 4.99. The zero-order chi connectivity index (χ0) is 21.1. The van der Waals surface area contributed by atoms with Gasteiger partial charge in [0, 0.05) is 5.38 Å². The molecule has 0 aliphatic carbocycles. The van der Waals surface area contributed by atoms with Crippen LogP contribution in [0.2, 0.25) is 0 Å². The van der Waals surface area contributed by atoms with Gasteiger partial charge in [0.15, 0.2) is 10.8 Å². The Morgan fingerprint density at radius 2 is 2.21 bits per heavy atom. The highest BCUT2D eigenvalue weighted by Crippen LogP contribution is 2.30. The molecule has 154 valence electrons. The van der Waals surface area contributed by atoms with Crippen molar-refractivity contribution in [2.75, 3.05) is 24.6 Å². The normalized spacial score (nSPS) is 19.8. The summed E-state index contributed by atoms with van der Waals surface area (Å²) in [6, 6.07) is -1.21. The van der Waals surface area contributed by atoms with Crippen LogP contribution in [0.4, 0.5) is 5.13 Å². The van der Waals surface area contributed by atoms with Gasteiger partial charge in [-0.25, -0.2) is 4.98 Å². The summed E-state index contributed by atoms with van der Waals surface area (Å²) in [4.78, 5) is 44.5. The van der Waals surface area contributed by atoms with Crippen LogP contribution in [0.25, 0.3) is 0 Å². The predicted molar refractivity (Wildman–Crippen MR) is 103 cm³/mol. The van der Waals surface area contributed by atoms with Gasteiger partial charge in [-0.05, 0) is 6.26 Å². The second-order valence-corrected chi connectivity index (χ2v) is 8.40. The molecule has 3 amide bonds. The molecule has 0 bridgehead atoms. The second kappa shape index (κ2) is 9.04. The Hall–Kier alpha value is -1.94. The van der Waals surface area contributed by atoms with Crippen LogP contribution in [0, 0.1) is 0 Å². The van der Waals surface area contributed by atoms with Crippen molar-refractivity contribution in [1.82, 2.24) is 14.6 Å². The van der Waals surface area contributed by atoms with E-state index in [1.54, 1.807) is 0 Å². The summed E-state index contributed by atoms with van der Waals surface area (Å²) in [6.45, 7) is 0. The molecule has 0 saturated carbocycles. The average Bonchev–Trinajstić information content (AvgIpc) is 3.08. The number of nitrogens with zero attached hydrogens (tertiary/aromatic N) is 3. The van der Waals surface area contributed by atoms with E-state index in [2.05, 4.69) is 25.6 Å². The van der Waals surface area contributed by atoms with Gasteiger partial charge in [0.1, 0.15) is 30.1 Å². The molecule has 1 fully saturated rings. The van der Waals surface area contributed by atoms with Crippen molar-refractivity contribution < 1.29 is 32.2 Å². The maximum atomic E-state index is 12.5. The minimum Gasteiger partial charge on any atom is -0.398 e. The number of thioether (sulfide) groups is 1. The molecule has 28 heavy (non-hydrogen) atoms. The predicted octanol–water partition coefficient (Wildman–Crippen LogP) is -0.510. The second-order valence-electron chi connectivity index (χ2n) is 5.03. The maximum Gasteiger partial charge on any atom is 0.363 e. The van der Waals surface area contributed by atoms with Crippen molar-refractivity contribution in [2.24, 2.45) is 5.16 Å². The minimum atomic E-state index is -4.74. The van der Waals surface area contributed by atoms with Crippen molar-refractivity contribution in [2.45, 2.75) is 11.4 Å². The zero-order valence-electron chi connectivity index (χ0n) is 14.3. The van der Waals surface area contributed by atoms with Crippen molar-refractivity contribution in [1.29, 1.82) is 0 Å². The fraction of sp³-hybridized carbons (Fsp3) is 0.417. The van der Waals surface area contributed by atoms with Gasteiger partial charge in [-0.3, -0.25) is 18.9 Å². The summed E-state index contributed by atoms with van der Waals surface area (Å²) in [5.41, 5.74) is -0.253. The van der Waals surface area contributed by atoms with Crippen molar-refractivity contribution >= 4 is 73.6 Å². The molecule has 2 heterocycles. The summed E-state index contributed by atoms with van der Waals surface area (Å²) < 4.78 is 31.8. The number of carbonyl (C=O) groups excluding carboxylic acids is 3. The number of hydrogen-bond donors (Lipinski definition) is 3. The van der Waals surface area contributed by atoms with E-state index in [0.29, 0.717) is 0 Å². The number of oxime groups is 1. The average molecular weight is 472 g/mol. The zero-order valence-corrected chi connectivity index (χ0v) is 17.5. The van der Waals surface area contributed by atoms with E-state index in [0.717, 1.165) is 23.1 Å². The van der Waals surface area contributed by atoms with Crippen LogP contribution in [-0.4, -0.2) is 76.4 Å². The number of amides is 3. The van der Waals surface area contributed by atoms with Gasteiger partial charge in [0.2, 0.25) is 5.91 Å². The Bertz CT molecular complexity index is 918. The monoisotopic (exact) mass is 471 g/mol. The SMILES string of the molecule is CON=C(C(=O)N[C@@H]1C(=O)N(S(=O)(=O)O)[C@@H]1SC)c1csc(NC(=O)CCl)n1. The van der Waals surface area contributed by atoms with Gasteiger partial charge in [-0.15, -0.1) is 34.7 Å². The lowest BCUT2D eigenvalue weighted by Crippen LogP contribution is -2.71. The molecule has 0 spiro atoms. The number of nitrogens with one attached hydrogen (secondary N) is 2. The van der Waals surface area contributed by atoms with Gasteiger partial charge >= 0.3 is 10.3 Å². The van der Waals surface area contributed by atoms with Crippen LogP contribution in [-0.2, 0) is 29.5 Å². The Morgan fingerprint density at radius 3 is 2.75 bits per heavy atom. The fourth-order valence-electron chi connectivity index (χ4n) is 2.15. The molecule has 0 aromatic carbocycles. The molecule has 0 radical (unpaired) electrons. The van der Waals surface area contributed by atoms with Crippen LogP contribution in [0.15, 0.2) is 10.5 Å². The summed E-state index contributed by atoms with van der Waals surface area (Å²) in [5, 5.41) is 8.87. The van der Waals surface area contributed by atoms with E-state index in [4.69, 9.17) is 16.2 Å². The van der Waals surface area contributed by atoms with Crippen molar-refractivity contribution in [3.63, 3.8) is 0 Å². The highest BCUT2D eigenvalue weighted by molar-refractivity contribution is 8.00. The number of β-lactam (4-membered cyclic amide) rings is 1. The number of anilines is 1. The van der Waals surface area contributed by atoms with Crippen LogP contribution >= 0.6 is 34.7 Å². The van der Waals surface area contributed by atoms with E-state index in [1.165, 1.54) is 18.7 Å². The number of rotatable bonds is 8. The number of alkyl halides is 1. The van der Waals surface area contributed by atoms with Crippen LogP contribution in [0.1, 0.15) is 5.69 Å². The van der Waals surface area contributed by atoms with E-state index in [1.807, 2.05) is 0 Å². The van der Waals surface area contributed by atoms with Crippen LogP contribution in [0.5, 0.6) is 0 Å². The first-order valence-corrected chi connectivity index (χ1v) is 11.3. The topological polar surface area (TPSA) is 167 Å². The number of thiazole rings is 1. The highest BCUT2D eigenvalue weighted by atomic mass is 35.5. The summed E-state index contributed by atoms with van der Waals surface area (Å²) in [5.74, 6) is -2.64. The molecule has 1 saturated heterocycles. The van der Waals surface area contributed by atoms with Gasteiger partial charge in [0.25, 0.3) is 11.8 Å². The molecule has 2 atom stereocenters. The Labute approximate surface area is 172 Å². The standard InChI is InChI=1S/C12H14ClN5O7S3/c1-25-17-7(5-4-27-12(14-5)15-6(19)3-13)9(20)16-8-10(21)18(11(8)26-2)28(22,23)24/h4,8,11H,3H2,1-2H3,(H,16,20)(H,14,15,19)(H,22,23,24)/t8-,11-/m1/s1. The van der Waals surface area contributed by atoms with E-state index < -0.39 is 39.4 Å². The maximum absolute atomic E-state index is 12.5. The van der Waals surface area contributed by atoms with E-state index >= 15 is 0 Å². The highest BCUT2D eigenvalue weighted by Gasteiger charge is 2.54. The third kappa shape index (κ3) is 4.72. The molecule has 1 aromatic rings. The lowest BCUT2D eigenvalue weighted by atomic mass is 10.1. The molecule has 1 aliphatic heterocycles. The number of carbonyl (C=O) groups is 3. The number of hydrogen-bond acceptors (Lipinski definition) is 10. The molecule has 16 heteroatoms. The number of halogens is 1. The van der Waals surface area contributed by atoms with Crippen LogP contribution in [0.3, 0.4) is 0 Å². The van der Waals surface area contributed by atoms with Gasteiger partial charge in [-0.1, -0.05) is 5.16 Å². The first kappa shape index (κ1) is 22.4. The third-order valence-electron chi connectivity index (χ3n) is 3.29.